The second kappa shape index (κ2) is 32.5. The third-order valence-corrected chi connectivity index (χ3v) is 10.8. The fourth-order valence-corrected chi connectivity index (χ4v) is 5.58. The second-order valence-corrected chi connectivity index (χ2v) is 28.3. The number of aliphatic imine (C=N–C) groups is 1. The summed E-state index contributed by atoms with van der Waals surface area (Å²) in [6.07, 6.45) is 25.8. The van der Waals surface area contributed by atoms with Crippen molar-refractivity contribution in [2.45, 2.75) is 238 Å². The van der Waals surface area contributed by atoms with Crippen LogP contribution >= 0.6 is 0 Å². The molecular weight excluding hydrogens is 1030 g/mol. The number of allylic oxidation sites excluding steroid dienone is 1. The molecule has 8 aromatic rings. The number of aromatic amines is 3. The average Bonchev–Trinajstić information content (AvgIpc) is 4.21. The Kier molecular flexibility index (Phi) is 29.7. The van der Waals surface area contributed by atoms with Crippen LogP contribution in [0.5, 0.6) is 0 Å². The number of oxazole rings is 3. The van der Waals surface area contributed by atoms with Gasteiger partial charge in [0.1, 0.15) is 30.4 Å². The van der Waals surface area contributed by atoms with Gasteiger partial charge in [-0.2, -0.15) is 30.6 Å². The molecule has 1 aliphatic heterocycles. The molecule has 20 heteroatoms. The normalized spacial score (nSPS) is 12.5. The summed E-state index contributed by atoms with van der Waals surface area (Å²) in [5, 5.41) is 24.4. The predicted octanol–water partition coefficient (Wildman–Crippen LogP) is 15.5. The molecule has 3 N–H and O–H groups in total. The number of hydrogen-bond donors (Lipinski definition) is 3. The van der Waals surface area contributed by atoms with E-state index in [1.165, 1.54) is 36.7 Å². The van der Waals surface area contributed by atoms with Crippen LogP contribution in [0.3, 0.4) is 0 Å². The van der Waals surface area contributed by atoms with Crippen LogP contribution in [0.2, 0.25) is 0 Å². The molecule has 20 nitrogen and oxygen atoms in total. The lowest BCUT2D eigenvalue weighted by Gasteiger charge is -2.18. The van der Waals surface area contributed by atoms with Gasteiger partial charge in [-0.05, 0) is 37.8 Å². The van der Waals surface area contributed by atoms with E-state index in [0.29, 0.717) is 11.3 Å². The van der Waals surface area contributed by atoms with Gasteiger partial charge in [0.2, 0.25) is 5.89 Å². The lowest BCUT2D eigenvalue weighted by molar-refractivity contribution is 0.320. The first-order valence-corrected chi connectivity index (χ1v) is 27.3. The van der Waals surface area contributed by atoms with Gasteiger partial charge in [0.15, 0.2) is 25.0 Å². The van der Waals surface area contributed by atoms with Crippen molar-refractivity contribution in [2.24, 2.45) is 10.4 Å². The molecule has 0 radical (unpaired) electrons. The SMILES string of the molecule is C.CC(C)(C)C1=CCN=C1.CC(C)(C)c1cn[nH]n1.CC(C)(C)c1cnc[nH]1.CC(C)(C)c1cnco1.CC(C)(C)c1cocn1.CC(C)(C)c1ncco1.CC(C)(C)c1ncn[nH]1.CC(C)(C)c1ncno1.CC(C)(C)n1cccn1. The number of imidazole rings is 1. The third kappa shape index (κ3) is 31.2. The summed E-state index contributed by atoms with van der Waals surface area (Å²) in [7, 11) is 0. The minimum Gasteiger partial charge on any atom is -0.451 e. The molecule has 0 atom stereocenters. The highest BCUT2D eigenvalue weighted by atomic mass is 16.5. The van der Waals surface area contributed by atoms with Crippen molar-refractivity contribution in [1.82, 2.24) is 75.4 Å². The monoisotopic (exact) mass is 1140 g/mol. The topological polar surface area (TPSA) is 259 Å². The van der Waals surface area contributed by atoms with Crippen molar-refractivity contribution in [3.63, 3.8) is 0 Å². The highest BCUT2D eigenvalue weighted by Crippen LogP contribution is 2.26. The van der Waals surface area contributed by atoms with Gasteiger partial charge < -0.3 is 22.8 Å². The zero-order valence-electron chi connectivity index (χ0n) is 54.4. The Morgan fingerprint density at radius 3 is 1.40 bits per heavy atom. The van der Waals surface area contributed by atoms with E-state index in [1.54, 1.807) is 43.6 Å². The number of H-pyrrole nitrogens is 3. The molecule has 458 valence electrons. The van der Waals surface area contributed by atoms with Gasteiger partial charge in [0, 0.05) is 68.4 Å². The number of aromatic nitrogens is 15. The first-order chi connectivity index (χ1) is 36.9. The molecule has 9 heterocycles. The molecule has 9 rings (SSSR count). The van der Waals surface area contributed by atoms with Crippen LogP contribution in [0.25, 0.3) is 0 Å². The minimum atomic E-state index is -0.0174. The Bertz CT molecular complexity index is 2250. The van der Waals surface area contributed by atoms with E-state index in [9.17, 15) is 0 Å². The Morgan fingerprint density at radius 2 is 1.18 bits per heavy atom. The van der Waals surface area contributed by atoms with Gasteiger partial charge in [-0.3, -0.25) is 14.8 Å². The van der Waals surface area contributed by atoms with Crippen molar-refractivity contribution in [2.75, 3.05) is 6.54 Å². The van der Waals surface area contributed by atoms with Crippen LogP contribution in [-0.2, 0) is 43.4 Å². The molecule has 1 aliphatic rings. The number of hydrogen-bond acceptors (Lipinski definition) is 16. The number of nitrogens with one attached hydrogen (secondary N) is 3. The van der Waals surface area contributed by atoms with Crippen LogP contribution in [0.15, 0.2) is 122 Å². The van der Waals surface area contributed by atoms with E-state index in [4.69, 9.17) is 17.8 Å². The molecule has 0 bridgehead atoms. The van der Waals surface area contributed by atoms with E-state index < -0.39 is 0 Å². The van der Waals surface area contributed by atoms with Crippen LogP contribution in [0.1, 0.15) is 235 Å². The quantitative estimate of drug-likeness (QED) is 0.128. The summed E-state index contributed by atoms with van der Waals surface area (Å²) in [5.74, 6) is 3.34. The highest BCUT2D eigenvalue weighted by Gasteiger charge is 2.21. The standard InChI is InChI=1S/C8H13N.2C7H12N2.3C7H11NO.2C6H11N3.C6H10N2O.CH4/c1-8(2,3)7-4-5-9-6-7;1-7(2,3)6-4-8-5-9-6;1-7(2,3)9-6-4-5-8-9;1-7(2,3)6-4-9-5-8-6;1-7(2,3)6-4-8-5-9-6;1-7(2,3)6-8-4-5-9-6;1-6(2,3)5-7-4-8-9-5;1-6(2,3)5-4-7-9-8-5;1-6(2,3)5-7-4-8-9-5;/h4,6H,5H2,1-3H3;4-5H,1-3H3,(H,8,9);4-6H,1-3H3;3*4-5H,1-3H3;2*4H,1-3H3,(H,7,8,9);4H,1-3H3;1H4. The molecule has 0 aromatic carbocycles. The van der Waals surface area contributed by atoms with E-state index in [0.717, 1.165) is 35.4 Å². The Labute approximate surface area is 492 Å². The van der Waals surface area contributed by atoms with Gasteiger partial charge in [-0.15, -0.1) is 0 Å². The van der Waals surface area contributed by atoms with E-state index in [-0.39, 0.29) is 50.9 Å². The van der Waals surface area contributed by atoms with Gasteiger partial charge >= 0.3 is 0 Å². The maximum absolute atomic E-state index is 5.09. The summed E-state index contributed by atoms with van der Waals surface area (Å²) < 4.78 is 21.8. The second-order valence-electron chi connectivity index (χ2n) is 28.3. The first-order valence-electron chi connectivity index (χ1n) is 27.3. The molecule has 0 amide bonds. The summed E-state index contributed by atoms with van der Waals surface area (Å²) in [5.41, 5.74) is 5.63. The Balaban J connectivity index is 0.000000899. The maximum Gasteiger partial charge on any atom is 0.231 e. The van der Waals surface area contributed by atoms with Crippen molar-refractivity contribution in [3.8, 4) is 0 Å². The smallest absolute Gasteiger partial charge is 0.231 e. The molecule has 0 fully saturated rings. The lowest BCUT2D eigenvalue weighted by atomic mass is 9.88. The summed E-state index contributed by atoms with van der Waals surface area (Å²) in [6.45, 7) is 57.8. The van der Waals surface area contributed by atoms with Crippen molar-refractivity contribution in [1.29, 1.82) is 0 Å². The van der Waals surface area contributed by atoms with Gasteiger partial charge in [-0.1, -0.05) is 185 Å². The van der Waals surface area contributed by atoms with E-state index in [2.05, 4.69) is 248 Å². The lowest BCUT2D eigenvalue weighted by Crippen LogP contribution is -2.21. The van der Waals surface area contributed by atoms with Crippen LogP contribution < -0.4 is 0 Å². The average molecular weight is 1140 g/mol. The van der Waals surface area contributed by atoms with Crippen molar-refractivity contribution < 1.29 is 17.8 Å². The largest absolute Gasteiger partial charge is 0.451 e. The predicted molar refractivity (Wildman–Crippen MR) is 331 cm³/mol. The third-order valence-electron chi connectivity index (χ3n) is 10.8. The zero-order valence-corrected chi connectivity index (χ0v) is 54.4. The highest BCUT2D eigenvalue weighted by molar-refractivity contribution is 5.82. The molecule has 8 aromatic heterocycles. The zero-order chi connectivity index (χ0) is 62.2. The van der Waals surface area contributed by atoms with Crippen molar-refractivity contribution in [3.05, 3.63) is 140 Å². The molecule has 0 saturated heterocycles. The molecular formula is C62H106N16O4. The van der Waals surface area contributed by atoms with Gasteiger partial charge in [-0.25, -0.2) is 24.9 Å². The fraction of sp³-hybridized carbons (Fsp3) is 0.613. The molecule has 0 unspecified atom stereocenters. The Hall–Kier alpha value is -7.12. The molecule has 0 aliphatic carbocycles. The van der Waals surface area contributed by atoms with Gasteiger partial charge in [0.25, 0.3) is 0 Å². The molecule has 0 saturated carbocycles. The van der Waals surface area contributed by atoms with Crippen LogP contribution in [0.4, 0.5) is 0 Å². The number of rotatable bonds is 0. The first kappa shape index (κ1) is 74.9. The minimum absolute atomic E-state index is 0. The molecule has 82 heavy (non-hydrogen) atoms. The van der Waals surface area contributed by atoms with Crippen LogP contribution in [-0.4, -0.2) is 88.2 Å². The summed E-state index contributed by atoms with van der Waals surface area (Å²) in [6, 6.07) is 1.94. The molecule has 0 spiro atoms. The van der Waals surface area contributed by atoms with Gasteiger partial charge in [0.05, 0.1) is 48.4 Å². The maximum atomic E-state index is 5.09. The Morgan fingerprint density at radius 1 is 0.549 bits per heavy atom. The fourth-order valence-electron chi connectivity index (χ4n) is 5.58. The summed E-state index contributed by atoms with van der Waals surface area (Å²) >= 11 is 0. The van der Waals surface area contributed by atoms with E-state index in [1.807, 2.05) is 50.1 Å². The van der Waals surface area contributed by atoms with E-state index >= 15 is 0 Å². The number of nitrogens with zero attached hydrogens (tertiary/aromatic N) is 13. The summed E-state index contributed by atoms with van der Waals surface area (Å²) in [4.78, 5) is 30.9. The van der Waals surface area contributed by atoms with Crippen molar-refractivity contribution >= 4 is 6.21 Å². The van der Waals surface area contributed by atoms with Crippen LogP contribution in [0, 0.1) is 5.41 Å².